The summed E-state index contributed by atoms with van der Waals surface area (Å²) >= 11 is 0.884. The fourth-order valence-corrected chi connectivity index (χ4v) is 2.25. The van der Waals surface area contributed by atoms with Crippen molar-refractivity contribution in [2.45, 2.75) is 12.6 Å². The first-order chi connectivity index (χ1) is 7.86. The third kappa shape index (κ3) is 2.60. The van der Waals surface area contributed by atoms with Crippen molar-refractivity contribution >= 4 is 27.3 Å². The van der Waals surface area contributed by atoms with Gasteiger partial charge in [0.25, 0.3) is 0 Å². The van der Waals surface area contributed by atoms with E-state index in [4.69, 9.17) is 0 Å². The third-order valence-electron chi connectivity index (χ3n) is 2.02. The molecule has 0 aliphatic heterocycles. The summed E-state index contributed by atoms with van der Waals surface area (Å²) in [5, 5.41) is 0.0351. The van der Waals surface area contributed by atoms with Crippen molar-refractivity contribution in [1.82, 2.24) is 4.98 Å². The van der Waals surface area contributed by atoms with Gasteiger partial charge in [0.15, 0.2) is 0 Å². The van der Waals surface area contributed by atoms with Gasteiger partial charge in [0.05, 0.1) is 16.6 Å². The molecule has 17 heavy (non-hydrogen) atoms. The predicted molar refractivity (Wildman–Crippen MR) is 54.3 cm³/mol. The standard InChI is InChI=1S/C10H5F4NOS/c11-5-1-2-6-7(3-5)17-9(15-6)4-8(16)10(12,13)14/h1-3H,4H2. The minimum atomic E-state index is -4.86. The van der Waals surface area contributed by atoms with Gasteiger partial charge >= 0.3 is 6.18 Å². The molecule has 0 unspecified atom stereocenters. The number of halogens is 4. The Bertz CT molecular complexity index is 575. The van der Waals surface area contributed by atoms with Gasteiger partial charge in [-0.3, -0.25) is 4.79 Å². The normalized spacial score (nSPS) is 12.0. The van der Waals surface area contributed by atoms with Gasteiger partial charge in [0.2, 0.25) is 5.78 Å². The van der Waals surface area contributed by atoms with Crippen molar-refractivity contribution in [2.24, 2.45) is 0 Å². The molecule has 90 valence electrons. The van der Waals surface area contributed by atoms with Crippen LogP contribution in [0.25, 0.3) is 10.2 Å². The topological polar surface area (TPSA) is 30.0 Å². The minimum absolute atomic E-state index is 0.0351. The van der Waals surface area contributed by atoms with Gasteiger partial charge in [0, 0.05) is 0 Å². The monoisotopic (exact) mass is 263 g/mol. The van der Waals surface area contributed by atoms with Gasteiger partial charge in [-0.2, -0.15) is 13.2 Å². The predicted octanol–water partition coefficient (Wildman–Crippen LogP) is 3.11. The van der Waals surface area contributed by atoms with E-state index >= 15 is 0 Å². The first-order valence-electron chi connectivity index (χ1n) is 4.51. The quantitative estimate of drug-likeness (QED) is 0.779. The highest BCUT2D eigenvalue weighted by Gasteiger charge is 2.38. The second-order valence-electron chi connectivity index (χ2n) is 3.32. The lowest BCUT2D eigenvalue weighted by molar-refractivity contribution is -0.170. The number of thiazole rings is 1. The number of hydrogen-bond donors (Lipinski definition) is 0. The van der Waals surface area contributed by atoms with E-state index in [0.717, 1.165) is 17.4 Å². The van der Waals surface area contributed by atoms with Crippen LogP contribution in [-0.4, -0.2) is 16.9 Å². The smallest absolute Gasteiger partial charge is 0.289 e. The number of Topliss-reactive ketones (excluding diaryl/α,β-unsaturated/α-hetero) is 1. The number of ketones is 1. The summed E-state index contributed by atoms with van der Waals surface area (Å²) in [4.78, 5) is 14.6. The van der Waals surface area contributed by atoms with E-state index in [1.807, 2.05) is 0 Å². The molecule has 0 N–H and O–H groups in total. The number of rotatable bonds is 2. The zero-order chi connectivity index (χ0) is 12.6. The largest absolute Gasteiger partial charge is 0.450 e. The fourth-order valence-electron chi connectivity index (χ4n) is 1.26. The summed E-state index contributed by atoms with van der Waals surface area (Å²) in [5.74, 6) is -2.34. The Balaban J connectivity index is 2.29. The Hall–Kier alpha value is -1.50. The Labute approximate surface area is 96.9 Å². The van der Waals surface area contributed by atoms with Crippen LogP contribution in [-0.2, 0) is 11.2 Å². The maximum atomic E-state index is 12.8. The summed E-state index contributed by atoms with van der Waals surface area (Å²) < 4.78 is 49.3. The molecule has 0 radical (unpaired) electrons. The molecule has 0 aliphatic carbocycles. The first kappa shape index (κ1) is 12.0. The molecule has 2 aromatic rings. The summed E-state index contributed by atoms with van der Waals surface area (Å²) in [6.45, 7) is 0. The molecule has 0 saturated heterocycles. The van der Waals surface area contributed by atoms with E-state index < -0.39 is 24.2 Å². The SMILES string of the molecule is O=C(Cc1nc2ccc(F)cc2s1)C(F)(F)F. The van der Waals surface area contributed by atoms with E-state index in [9.17, 15) is 22.4 Å². The molecule has 7 heteroatoms. The van der Waals surface area contributed by atoms with Crippen LogP contribution in [0.1, 0.15) is 5.01 Å². The molecule has 1 aromatic heterocycles. The number of carbonyl (C=O) groups excluding carboxylic acids is 1. The summed E-state index contributed by atoms with van der Waals surface area (Å²) in [6, 6.07) is 3.70. The summed E-state index contributed by atoms with van der Waals surface area (Å²) in [7, 11) is 0. The van der Waals surface area contributed by atoms with Crippen molar-refractivity contribution < 1.29 is 22.4 Å². The van der Waals surface area contributed by atoms with Crippen molar-refractivity contribution in [3.63, 3.8) is 0 Å². The van der Waals surface area contributed by atoms with E-state index in [-0.39, 0.29) is 5.01 Å². The molecule has 0 aliphatic rings. The highest BCUT2D eigenvalue weighted by atomic mass is 32.1. The number of nitrogens with zero attached hydrogens (tertiary/aromatic N) is 1. The lowest BCUT2D eigenvalue weighted by atomic mass is 10.3. The average Bonchev–Trinajstić information content (AvgIpc) is 2.57. The van der Waals surface area contributed by atoms with E-state index in [2.05, 4.69) is 4.98 Å². The Morgan fingerprint density at radius 3 is 2.71 bits per heavy atom. The van der Waals surface area contributed by atoms with Crippen LogP contribution >= 0.6 is 11.3 Å². The first-order valence-corrected chi connectivity index (χ1v) is 5.33. The van der Waals surface area contributed by atoms with Crippen LogP contribution in [0.5, 0.6) is 0 Å². The van der Waals surface area contributed by atoms with Gasteiger partial charge in [-0.1, -0.05) is 0 Å². The molecule has 0 amide bonds. The van der Waals surface area contributed by atoms with Crippen molar-refractivity contribution in [1.29, 1.82) is 0 Å². The number of carbonyl (C=O) groups is 1. The lowest BCUT2D eigenvalue weighted by Crippen LogP contribution is -2.24. The molecule has 0 saturated carbocycles. The van der Waals surface area contributed by atoms with Crippen molar-refractivity contribution in [3.8, 4) is 0 Å². The zero-order valence-electron chi connectivity index (χ0n) is 8.21. The van der Waals surface area contributed by atoms with Gasteiger partial charge in [-0.15, -0.1) is 11.3 Å². The van der Waals surface area contributed by atoms with E-state index in [1.165, 1.54) is 12.1 Å². The van der Waals surface area contributed by atoms with Crippen molar-refractivity contribution in [2.75, 3.05) is 0 Å². The third-order valence-corrected chi connectivity index (χ3v) is 3.04. The Morgan fingerprint density at radius 2 is 2.06 bits per heavy atom. The number of fused-ring (bicyclic) bond motifs is 1. The maximum absolute atomic E-state index is 12.8. The number of aromatic nitrogens is 1. The molecular weight excluding hydrogens is 258 g/mol. The molecule has 1 heterocycles. The Morgan fingerprint density at radius 1 is 1.35 bits per heavy atom. The average molecular weight is 263 g/mol. The fraction of sp³-hybridized carbons (Fsp3) is 0.200. The molecule has 0 fully saturated rings. The molecule has 0 spiro atoms. The molecular formula is C10H5F4NOS. The van der Waals surface area contributed by atoms with Gasteiger partial charge < -0.3 is 0 Å². The lowest BCUT2D eigenvalue weighted by Gasteiger charge is -2.01. The zero-order valence-corrected chi connectivity index (χ0v) is 9.03. The van der Waals surface area contributed by atoms with E-state index in [1.54, 1.807) is 0 Å². The second-order valence-corrected chi connectivity index (χ2v) is 4.43. The minimum Gasteiger partial charge on any atom is -0.289 e. The number of hydrogen-bond acceptors (Lipinski definition) is 3. The second kappa shape index (κ2) is 4.06. The van der Waals surface area contributed by atoms with Crippen LogP contribution in [0.2, 0.25) is 0 Å². The van der Waals surface area contributed by atoms with Gasteiger partial charge in [0.1, 0.15) is 10.8 Å². The van der Waals surface area contributed by atoms with Gasteiger partial charge in [-0.05, 0) is 18.2 Å². The maximum Gasteiger partial charge on any atom is 0.450 e. The van der Waals surface area contributed by atoms with Crippen LogP contribution in [0.15, 0.2) is 18.2 Å². The van der Waals surface area contributed by atoms with Crippen LogP contribution in [0, 0.1) is 5.82 Å². The van der Waals surface area contributed by atoms with Crippen LogP contribution in [0.3, 0.4) is 0 Å². The summed E-state index contributed by atoms with van der Waals surface area (Å²) in [6.07, 6.45) is -5.66. The number of alkyl halides is 3. The van der Waals surface area contributed by atoms with Gasteiger partial charge in [-0.25, -0.2) is 9.37 Å². The molecule has 2 nitrogen and oxygen atoms in total. The highest BCUT2D eigenvalue weighted by molar-refractivity contribution is 7.18. The summed E-state index contributed by atoms with van der Waals surface area (Å²) in [5.41, 5.74) is 0.390. The van der Waals surface area contributed by atoms with E-state index in [0.29, 0.717) is 10.2 Å². The molecule has 1 aromatic carbocycles. The van der Waals surface area contributed by atoms with Crippen LogP contribution < -0.4 is 0 Å². The van der Waals surface area contributed by atoms with Crippen molar-refractivity contribution in [3.05, 3.63) is 29.0 Å². The highest BCUT2D eigenvalue weighted by Crippen LogP contribution is 2.25. The van der Waals surface area contributed by atoms with Crippen LogP contribution in [0.4, 0.5) is 17.6 Å². The Kier molecular flexibility index (Phi) is 2.86. The molecule has 0 bridgehead atoms. The molecule has 0 atom stereocenters. The molecule has 2 rings (SSSR count). The number of benzene rings is 1.